The Balaban J connectivity index is 1.25. The number of rotatable bonds is 21. The van der Waals surface area contributed by atoms with Crippen molar-refractivity contribution in [1.82, 2.24) is 0 Å². The second kappa shape index (κ2) is 18.8. The third-order valence-electron chi connectivity index (χ3n) is 14.7. The Morgan fingerprint density at radius 2 is 1.41 bits per heavy atom. The second-order valence-corrected chi connectivity index (χ2v) is 18.1. The highest BCUT2D eigenvalue weighted by Gasteiger charge is 2.63. The van der Waals surface area contributed by atoms with Gasteiger partial charge in [0.2, 0.25) is 0 Å². The lowest BCUT2D eigenvalue weighted by Gasteiger charge is -2.62. The molecule has 3 heteroatoms. The number of aliphatic carboxylic acids is 1. The highest BCUT2D eigenvalue weighted by Crippen LogP contribution is 2.72. The summed E-state index contributed by atoms with van der Waals surface area (Å²) in [5.74, 6) is 2.65. The van der Waals surface area contributed by atoms with Crippen molar-refractivity contribution in [2.24, 2.45) is 45.8 Å². The highest BCUT2D eigenvalue weighted by molar-refractivity contribution is 5.79. The van der Waals surface area contributed by atoms with Crippen LogP contribution in [0, 0.1) is 45.8 Å². The SMILES string of the molecule is CC(C)[C@@H](C)C=C[C@@H](C)[C@H]1CC[C@H]2C3=CC=C4CC(O)CC[C@]4(C)C3(CCCCCCCCCCCCCCCC=CC(=O)O)CC[C@]12C. The van der Waals surface area contributed by atoms with Gasteiger partial charge in [0.05, 0.1) is 6.10 Å². The molecule has 0 radical (unpaired) electrons. The minimum absolute atomic E-state index is 0.156. The van der Waals surface area contributed by atoms with Gasteiger partial charge in [-0.25, -0.2) is 4.79 Å². The summed E-state index contributed by atoms with van der Waals surface area (Å²) in [6.07, 6.45) is 41.1. The molecular formula is C46H76O3. The molecule has 3 fully saturated rings. The van der Waals surface area contributed by atoms with Crippen molar-refractivity contribution in [2.45, 2.75) is 189 Å². The Morgan fingerprint density at radius 1 is 0.796 bits per heavy atom. The van der Waals surface area contributed by atoms with Crippen LogP contribution in [0.4, 0.5) is 0 Å². The van der Waals surface area contributed by atoms with Crippen molar-refractivity contribution >= 4 is 5.97 Å². The maximum Gasteiger partial charge on any atom is 0.327 e. The molecule has 0 aliphatic heterocycles. The predicted molar refractivity (Wildman–Crippen MR) is 208 cm³/mol. The van der Waals surface area contributed by atoms with Crippen molar-refractivity contribution in [3.8, 4) is 0 Å². The molecule has 8 atom stereocenters. The summed E-state index contributed by atoms with van der Waals surface area (Å²) >= 11 is 0. The van der Waals surface area contributed by atoms with E-state index in [2.05, 4.69) is 65.8 Å². The van der Waals surface area contributed by atoms with Crippen molar-refractivity contribution in [2.75, 3.05) is 0 Å². The number of aliphatic hydroxyl groups excluding tert-OH is 1. The molecule has 3 saturated carbocycles. The van der Waals surface area contributed by atoms with Crippen molar-refractivity contribution in [3.05, 3.63) is 47.6 Å². The van der Waals surface area contributed by atoms with Crippen LogP contribution >= 0.6 is 0 Å². The van der Waals surface area contributed by atoms with Gasteiger partial charge in [0.15, 0.2) is 0 Å². The minimum atomic E-state index is -0.836. The Hall–Kier alpha value is -1.61. The number of hydrogen-bond acceptors (Lipinski definition) is 2. The third-order valence-corrected chi connectivity index (χ3v) is 14.7. The van der Waals surface area contributed by atoms with Crippen LogP contribution in [-0.4, -0.2) is 22.3 Å². The molecule has 4 aliphatic carbocycles. The molecule has 0 aromatic carbocycles. The summed E-state index contributed by atoms with van der Waals surface area (Å²) < 4.78 is 0. The lowest BCUT2D eigenvalue weighted by molar-refractivity contribution is -0.131. The fourth-order valence-electron chi connectivity index (χ4n) is 11.1. The van der Waals surface area contributed by atoms with Crippen LogP contribution in [0.15, 0.2) is 47.6 Å². The molecular weight excluding hydrogens is 601 g/mol. The maximum atomic E-state index is 10.7. The molecule has 0 aromatic heterocycles. The first kappa shape index (κ1) is 40.2. The lowest BCUT2D eigenvalue weighted by Crippen LogP contribution is -2.54. The van der Waals surface area contributed by atoms with E-state index < -0.39 is 5.97 Å². The highest BCUT2D eigenvalue weighted by atomic mass is 16.4. The van der Waals surface area contributed by atoms with E-state index in [-0.39, 0.29) is 16.9 Å². The number of aliphatic hydroxyl groups is 1. The van der Waals surface area contributed by atoms with Gasteiger partial charge < -0.3 is 10.2 Å². The summed E-state index contributed by atoms with van der Waals surface area (Å²) in [6, 6.07) is 0. The Morgan fingerprint density at radius 3 is 2.02 bits per heavy atom. The molecule has 4 aliphatic rings. The van der Waals surface area contributed by atoms with Gasteiger partial charge in [0, 0.05) is 11.5 Å². The van der Waals surface area contributed by atoms with Gasteiger partial charge in [-0.1, -0.05) is 160 Å². The van der Waals surface area contributed by atoms with Crippen LogP contribution in [0.25, 0.3) is 0 Å². The number of fused-ring (bicyclic) bond motifs is 5. The molecule has 0 aromatic rings. The van der Waals surface area contributed by atoms with E-state index in [1.165, 1.54) is 115 Å². The van der Waals surface area contributed by atoms with Crippen LogP contribution in [0.5, 0.6) is 0 Å². The Kier molecular flexibility index (Phi) is 15.4. The maximum absolute atomic E-state index is 10.7. The van der Waals surface area contributed by atoms with Crippen LogP contribution < -0.4 is 0 Å². The first-order chi connectivity index (χ1) is 23.4. The standard InChI is InChI=1S/C46H76O3/c1-35(2)36(3)23-24-37(4)40-27-28-41-42-26-25-38-34-39(47)29-31-45(38,6)46(42,33-32-44(40,41)5)30-21-19-17-15-13-11-9-7-8-10-12-14-16-18-20-22-43(48)49/h20,22-26,35-37,39-41,47H,7-19,21,27-34H2,1-6H3,(H,48,49)/t36-,37+,39?,40+,41-,44+,45-,46?/m0/s1. The van der Waals surface area contributed by atoms with Crippen molar-refractivity contribution in [1.29, 1.82) is 0 Å². The topological polar surface area (TPSA) is 57.5 Å². The van der Waals surface area contributed by atoms with Gasteiger partial charge in [-0.2, -0.15) is 0 Å². The summed E-state index contributed by atoms with van der Waals surface area (Å²) in [6.45, 7) is 14.9. The van der Waals surface area contributed by atoms with E-state index in [0.717, 1.165) is 38.0 Å². The summed E-state index contributed by atoms with van der Waals surface area (Å²) in [5, 5.41) is 19.4. The number of hydrogen-bond donors (Lipinski definition) is 2. The molecule has 3 nitrogen and oxygen atoms in total. The van der Waals surface area contributed by atoms with E-state index >= 15 is 0 Å². The summed E-state index contributed by atoms with van der Waals surface area (Å²) in [5.41, 5.74) is 4.28. The van der Waals surface area contributed by atoms with E-state index in [1.807, 2.05) is 5.57 Å². The van der Waals surface area contributed by atoms with Gasteiger partial charge >= 0.3 is 5.97 Å². The van der Waals surface area contributed by atoms with Gasteiger partial charge in [0.1, 0.15) is 0 Å². The zero-order valence-corrected chi connectivity index (χ0v) is 32.8. The molecule has 4 rings (SSSR count). The molecule has 0 amide bonds. The predicted octanol–water partition coefficient (Wildman–Crippen LogP) is 13.2. The van der Waals surface area contributed by atoms with Crippen LogP contribution in [0.2, 0.25) is 0 Å². The molecule has 278 valence electrons. The van der Waals surface area contributed by atoms with Crippen LogP contribution in [0.3, 0.4) is 0 Å². The monoisotopic (exact) mass is 677 g/mol. The third kappa shape index (κ3) is 9.84. The van der Waals surface area contributed by atoms with Gasteiger partial charge in [-0.05, 0) is 105 Å². The molecule has 49 heavy (non-hydrogen) atoms. The average Bonchev–Trinajstić information content (AvgIpc) is 3.42. The zero-order chi connectivity index (χ0) is 35.5. The van der Waals surface area contributed by atoms with Crippen LogP contribution in [0.1, 0.15) is 183 Å². The first-order valence-corrected chi connectivity index (χ1v) is 21.1. The average molecular weight is 677 g/mol. The molecule has 2 N–H and O–H groups in total. The number of unbranched alkanes of at least 4 members (excludes halogenated alkanes) is 13. The second-order valence-electron chi connectivity index (χ2n) is 18.1. The van der Waals surface area contributed by atoms with Gasteiger partial charge in [-0.3, -0.25) is 0 Å². The molecule has 2 unspecified atom stereocenters. The number of carboxylic acids is 1. The lowest BCUT2D eigenvalue weighted by atomic mass is 9.42. The smallest absolute Gasteiger partial charge is 0.327 e. The summed E-state index contributed by atoms with van der Waals surface area (Å²) in [7, 11) is 0. The van der Waals surface area contributed by atoms with E-state index in [1.54, 1.807) is 11.6 Å². The number of carbonyl (C=O) groups is 1. The van der Waals surface area contributed by atoms with E-state index in [0.29, 0.717) is 29.1 Å². The fourth-order valence-corrected chi connectivity index (χ4v) is 11.1. The molecule has 0 saturated heterocycles. The van der Waals surface area contributed by atoms with Crippen LogP contribution in [-0.2, 0) is 4.79 Å². The minimum Gasteiger partial charge on any atom is -0.478 e. The molecule has 0 heterocycles. The zero-order valence-electron chi connectivity index (χ0n) is 32.8. The van der Waals surface area contributed by atoms with E-state index in [9.17, 15) is 9.90 Å². The molecule has 0 bridgehead atoms. The van der Waals surface area contributed by atoms with Gasteiger partial charge in [0.25, 0.3) is 0 Å². The van der Waals surface area contributed by atoms with Crippen molar-refractivity contribution in [3.63, 3.8) is 0 Å². The first-order valence-electron chi connectivity index (χ1n) is 21.1. The summed E-state index contributed by atoms with van der Waals surface area (Å²) in [4.78, 5) is 10.5. The van der Waals surface area contributed by atoms with Crippen molar-refractivity contribution < 1.29 is 15.0 Å². The Bertz CT molecular complexity index is 1160. The largest absolute Gasteiger partial charge is 0.478 e. The number of allylic oxidation sites excluding steroid dienone is 6. The van der Waals surface area contributed by atoms with E-state index in [4.69, 9.17) is 5.11 Å². The van der Waals surface area contributed by atoms with Gasteiger partial charge in [-0.15, -0.1) is 0 Å². The normalized spacial score (nSPS) is 32.5. The fraction of sp³-hybridized carbons (Fsp3) is 0.804. The quantitative estimate of drug-likeness (QED) is 0.0722. The molecule has 0 spiro atoms. The number of carboxylic acid groups (broad SMARTS) is 1. The Labute approximate surface area is 302 Å².